The van der Waals surface area contributed by atoms with E-state index < -0.39 is 0 Å². The summed E-state index contributed by atoms with van der Waals surface area (Å²) in [6.07, 6.45) is 2.29. The molecule has 0 heterocycles. The second-order valence-corrected chi connectivity index (χ2v) is 6.05. The summed E-state index contributed by atoms with van der Waals surface area (Å²) < 4.78 is 5.94. The van der Waals surface area contributed by atoms with Crippen LogP contribution in [-0.2, 0) is 13.0 Å². The highest BCUT2D eigenvalue weighted by molar-refractivity contribution is 5.33. The fourth-order valence-electron chi connectivity index (χ4n) is 2.36. The van der Waals surface area contributed by atoms with Crippen molar-refractivity contribution >= 4 is 0 Å². The molecule has 2 heteroatoms. The zero-order chi connectivity index (χ0) is 15.6. The highest BCUT2D eigenvalue weighted by Gasteiger charge is 2.04. The molecule has 0 aromatic heterocycles. The zero-order valence-electron chi connectivity index (χ0n) is 13.7. The van der Waals surface area contributed by atoms with Gasteiger partial charge in [0, 0.05) is 13.1 Å². The molecule has 2 aromatic rings. The lowest BCUT2D eigenvalue weighted by Gasteiger charge is -2.13. The van der Waals surface area contributed by atoms with Gasteiger partial charge in [0.25, 0.3) is 0 Å². The molecule has 0 aliphatic carbocycles. The molecular formula is C20H27NO. The molecule has 118 valence electrons. The van der Waals surface area contributed by atoms with Crippen LogP contribution >= 0.6 is 0 Å². The van der Waals surface area contributed by atoms with Crippen molar-refractivity contribution in [1.82, 2.24) is 5.32 Å². The first kappa shape index (κ1) is 16.6. The van der Waals surface area contributed by atoms with Crippen LogP contribution in [0.15, 0.2) is 54.6 Å². The Morgan fingerprint density at radius 3 is 2.45 bits per heavy atom. The van der Waals surface area contributed by atoms with Gasteiger partial charge in [-0.25, -0.2) is 0 Å². The summed E-state index contributed by atoms with van der Waals surface area (Å²) in [7, 11) is 0. The highest BCUT2D eigenvalue weighted by Crippen LogP contribution is 2.20. The molecule has 0 spiro atoms. The van der Waals surface area contributed by atoms with Gasteiger partial charge in [0.05, 0.1) is 0 Å². The summed E-state index contributed by atoms with van der Waals surface area (Å²) in [5.74, 6) is 1.75. The molecule has 2 aromatic carbocycles. The molecule has 0 saturated heterocycles. The number of ether oxygens (including phenoxy) is 1. The topological polar surface area (TPSA) is 21.3 Å². The van der Waals surface area contributed by atoms with Crippen LogP contribution in [0.5, 0.6) is 5.75 Å². The predicted molar refractivity (Wildman–Crippen MR) is 93.2 cm³/mol. The van der Waals surface area contributed by atoms with E-state index in [0.29, 0.717) is 6.61 Å². The molecule has 0 fully saturated rings. The molecule has 1 N–H and O–H groups in total. The number of rotatable bonds is 9. The van der Waals surface area contributed by atoms with Crippen molar-refractivity contribution in [1.29, 1.82) is 0 Å². The van der Waals surface area contributed by atoms with Crippen molar-refractivity contribution in [3.8, 4) is 5.75 Å². The van der Waals surface area contributed by atoms with Crippen LogP contribution in [-0.4, -0.2) is 13.2 Å². The molecule has 0 radical (unpaired) electrons. The van der Waals surface area contributed by atoms with Crippen LogP contribution in [0.1, 0.15) is 31.4 Å². The number of benzene rings is 2. The third-order valence-electron chi connectivity index (χ3n) is 3.67. The Kier molecular flexibility index (Phi) is 6.98. The van der Waals surface area contributed by atoms with Crippen molar-refractivity contribution in [2.75, 3.05) is 13.2 Å². The van der Waals surface area contributed by atoms with Crippen LogP contribution < -0.4 is 10.1 Å². The number of hydrogen-bond donors (Lipinski definition) is 1. The summed E-state index contributed by atoms with van der Waals surface area (Å²) in [5, 5.41) is 3.42. The molecule has 0 bridgehead atoms. The fraction of sp³-hybridized carbons (Fsp3) is 0.400. The minimum atomic E-state index is 0.700. The van der Waals surface area contributed by atoms with Crippen LogP contribution in [0.2, 0.25) is 0 Å². The van der Waals surface area contributed by atoms with Crippen molar-refractivity contribution in [3.63, 3.8) is 0 Å². The van der Waals surface area contributed by atoms with Crippen LogP contribution in [0.3, 0.4) is 0 Å². The lowest BCUT2D eigenvalue weighted by atomic mass is 10.0. The number of hydrogen-bond acceptors (Lipinski definition) is 2. The molecular weight excluding hydrogens is 270 g/mol. The lowest BCUT2D eigenvalue weighted by Crippen LogP contribution is -2.20. The molecule has 0 amide bonds. The van der Waals surface area contributed by atoms with Gasteiger partial charge in [-0.05, 0) is 36.0 Å². The monoisotopic (exact) mass is 297 g/mol. The second kappa shape index (κ2) is 9.26. The Labute approximate surface area is 134 Å². The van der Waals surface area contributed by atoms with Gasteiger partial charge in [0.1, 0.15) is 12.4 Å². The van der Waals surface area contributed by atoms with E-state index in [9.17, 15) is 0 Å². The van der Waals surface area contributed by atoms with Crippen molar-refractivity contribution < 1.29 is 4.74 Å². The predicted octanol–water partition coefficient (Wildman–Crippen LogP) is 4.44. The van der Waals surface area contributed by atoms with E-state index in [4.69, 9.17) is 4.74 Å². The molecule has 0 aliphatic heterocycles. The van der Waals surface area contributed by atoms with E-state index in [1.54, 1.807) is 0 Å². The summed E-state index contributed by atoms with van der Waals surface area (Å²) in [6, 6.07) is 18.8. The molecule has 2 nitrogen and oxygen atoms in total. The minimum Gasteiger partial charge on any atom is -0.492 e. The number of aryl methyl sites for hydroxylation is 1. The van der Waals surface area contributed by atoms with Gasteiger partial charge >= 0.3 is 0 Å². The zero-order valence-corrected chi connectivity index (χ0v) is 13.7. The maximum Gasteiger partial charge on any atom is 0.122 e. The normalized spacial score (nSPS) is 10.9. The van der Waals surface area contributed by atoms with E-state index in [1.807, 2.05) is 12.1 Å². The first-order valence-electron chi connectivity index (χ1n) is 8.21. The third kappa shape index (κ3) is 5.90. The second-order valence-electron chi connectivity index (χ2n) is 6.05. The third-order valence-corrected chi connectivity index (χ3v) is 3.67. The van der Waals surface area contributed by atoms with E-state index in [0.717, 1.165) is 31.2 Å². The molecule has 0 aliphatic rings. The highest BCUT2D eigenvalue weighted by atomic mass is 16.5. The van der Waals surface area contributed by atoms with Gasteiger partial charge in [-0.15, -0.1) is 0 Å². The first-order chi connectivity index (χ1) is 10.8. The average molecular weight is 297 g/mol. The van der Waals surface area contributed by atoms with Gasteiger partial charge < -0.3 is 10.1 Å². The van der Waals surface area contributed by atoms with Crippen molar-refractivity contribution in [3.05, 3.63) is 65.7 Å². The van der Waals surface area contributed by atoms with Gasteiger partial charge in [-0.2, -0.15) is 0 Å². The smallest absolute Gasteiger partial charge is 0.122 e. The Balaban J connectivity index is 1.72. The van der Waals surface area contributed by atoms with Crippen molar-refractivity contribution in [2.24, 2.45) is 5.92 Å². The van der Waals surface area contributed by atoms with Gasteiger partial charge in [-0.1, -0.05) is 62.4 Å². The first-order valence-corrected chi connectivity index (χ1v) is 8.21. The molecule has 2 rings (SSSR count). The van der Waals surface area contributed by atoms with E-state index in [2.05, 4.69) is 61.6 Å². The Hall–Kier alpha value is -1.80. The van der Waals surface area contributed by atoms with Crippen molar-refractivity contribution in [2.45, 2.75) is 33.2 Å². The minimum absolute atomic E-state index is 0.700. The Morgan fingerprint density at radius 2 is 1.68 bits per heavy atom. The Bertz CT molecular complexity index is 536. The van der Waals surface area contributed by atoms with E-state index in [1.165, 1.54) is 17.5 Å². The number of para-hydroxylation sites is 1. The summed E-state index contributed by atoms with van der Waals surface area (Å²) in [6.45, 7) is 6.96. The van der Waals surface area contributed by atoms with Gasteiger partial charge in [0.15, 0.2) is 0 Å². The van der Waals surface area contributed by atoms with E-state index >= 15 is 0 Å². The lowest BCUT2D eigenvalue weighted by molar-refractivity contribution is 0.310. The van der Waals surface area contributed by atoms with Gasteiger partial charge in [0.2, 0.25) is 0 Å². The van der Waals surface area contributed by atoms with Crippen LogP contribution in [0.25, 0.3) is 0 Å². The maximum atomic E-state index is 5.94. The summed E-state index contributed by atoms with van der Waals surface area (Å²) in [4.78, 5) is 0. The quantitative estimate of drug-likeness (QED) is 0.691. The molecule has 0 unspecified atom stereocenters. The average Bonchev–Trinajstić information content (AvgIpc) is 2.54. The standard InChI is InChI=1S/C20H27NO/c1-17(2)12-13-19-10-6-7-11-20(19)22-15-14-21-16-18-8-4-3-5-9-18/h3-11,17,21H,12-16H2,1-2H3. The molecule has 0 atom stereocenters. The van der Waals surface area contributed by atoms with Crippen LogP contribution in [0, 0.1) is 5.92 Å². The van der Waals surface area contributed by atoms with Gasteiger partial charge in [-0.3, -0.25) is 0 Å². The molecule has 22 heavy (non-hydrogen) atoms. The summed E-state index contributed by atoms with van der Waals surface area (Å²) >= 11 is 0. The largest absolute Gasteiger partial charge is 0.492 e. The SMILES string of the molecule is CC(C)CCc1ccccc1OCCNCc1ccccc1. The Morgan fingerprint density at radius 1 is 0.955 bits per heavy atom. The summed E-state index contributed by atoms with van der Waals surface area (Å²) in [5.41, 5.74) is 2.62. The van der Waals surface area contributed by atoms with Crippen LogP contribution in [0.4, 0.5) is 0 Å². The number of nitrogens with one attached hydrogen (secondary N) is 1. The fourth-order valence-corrected chi connectivity index (χ4v) is 2.36. The maximum absolute atomic E-state index is 5.94. The molecule has 0 saturated carbocycles. The van der Waals surface area contributed by atoms with E-state index in [-0.39, 0.29) is 0 Å².